The van der Waals surface area contributed by atoms with Crippen LogP contribution in [0.3, 0.4) is 0 Å². The van der Waals surface area contributed by atoms with Crippen LogP contribution in [0.2, 0.25) is 0 Å². The van der Waals surface area contributed by atoms with E-state index in [1.165, 1.54) is 12.1 Å². The highest BCUT2D eigenvalue weighted by Crippen LogP contribution is 2.27. The number of hydrogen-bond acceptors (Lipinski definition) is 3. The molecule has 1 aromatic carbocycles. The molecular formula is C18H25FN2O2. The number of nitrogens with zero attached hydrogens (tertiary/aromatic N) is 1. The van der Waals surface area contributed by atoms with Crippen molar-refractivity contribution in [3.63, 3.8) is 0 Å². The van der Waals surface area contributed by atoms with Gasteiger partial charge in [-0.2, -0.15) is 0 Å². The fourth-order valence-corrected chi connectivity index (χ4v) is 3.80. The smallest absolute Gasteiger partial charge is 0.220 e. The van der Waals surface area contributed by atoms with Gasteiger partial charge in [0.2, 0.25) is 5.91 Å². The molecule has 3 rings (SSSR count). The first-order chi connectivity index (χ1) is 11.1. The summed E-state index contributed by atoms with van der Waals surface area (Å²) in [5.74, 6) is -0.189. The Bertz CT molecular complexity index is 534. The first-order valence-electron chi connectivity index (χ1n) is 8.58. The van der Waals surface area contributed by atoms with E-state index in [4.69, 9.17) is 0 Å². The average Bonchev–Trinajstić information content (AvgIpc) is 3.15. The lowest BCUT2D eigenvalue weighted by molar-refractivity contribution is -0.122. The number of carbonyl (C=O) groups excluding carboxylic acids is 1. The number of β-amino-alcohol motifs (C(OH)–C–C–N with tert-alkyl or cyclic N) is 1. The molecule has 1 aliphatic carbocycles. The van der Waals surface area contributed by atoms with Gasteiger partial charge in [0.1, 0.15) is 5.82 Å². The molecule has 3 atom stereocenters. The molecule has 2 aliphatic rings. The SMILES string of the molecule is O=C(CCc1ccc(F)cc1)N[C@@H]1CCC[C@@H]1N1CCC(O)C1. The van der Waals surface area contributed by atoms with Crippen LogP contribution in [0.5, 0.6) is 0 Å². The molecule has 2 fully saturated rings. The van der Waals surface area contributed by atoms with Crippen molar-refractivity contribution in [2.24, 2.45) is 0 Å². The van der Waals surface area contributed by atoms with Gasteiger partial charge in [-0.1, -0.05) is 12.1 Å². The summed E-state index contributed by atoms with van der Waals surface area (Å²) in [4.78, 5) is 14.5. The number of nitrogens with one attached hydrogen (secondary N) is 1. The third kappa shape index (κ3) is 4.30. The Morgan fingerprint density at radius 3 is 2.74 bits per heavy atom. The van der Waals surface area contributed by atoms with Crippen LogP contribution >= 0.6 is 0 Å². The van der Waals surface area contributed by atoms with Crippen LogP contribution in [0.15, 0.2) is 24.3 Å². The molecule has 5 heteroatoms. The molecule has 1 heterocycles. The van der Waals surface area contributed by atoms with E-state index >= 15 is 0 Å². The Morgan fingerprint density at radius 1 is 1.26 bits per heavy atom. The van der Waals surface area contributed by atoms with E-state index in [1.807, 2.05) is 0 Å². The molecule has 4 nitrogen and oxygen atoms in total. The lowest BCUT2D eigenvalue weighted by Gasteiger charge is -2.29. The zero-order valence-corrected chi connectivity index (χ0v) is 13.4. The van der Waals surface area contributed by atoms with E-state index in [0.717, 1.165) is 44.3 Å². The molecule has 126 valence electrons. The van der Waals surface area contributed by atoms with Crippen LogP contribution in [-0.4, -0.2) is 47.2 Å². The number of benzene rings is 1. The maximum absolute atomic E-state index is 12.9. The number of aliphatic hydroxyl groups is 1. The molecule has 0 bridgehead atoms. The second kappa shape index (κ2) is 7.41. The van der Waals surface area contributed by atoms with Gasteiger partial charge in [0.25, 0.3) is 0 Å². The lowest BCUT2D eigenvalue weighted by Crippen LogP contribution is -2.48. The lowest BCUT2D eigenvalue weighted by atomic mass is 10.1. The fourth-order valence-electron chi connectivity index (χ4n) is 3.80. The number of likely N-dealkylation sites (tertiary alicyclic amines) is 1. The highest BCUT2D eigenvalue weighted by Gasteiger charge is 2.36. The summed E-state index contributed by atoms with van der Waals surface area (Å²) >= 11 is 0. The van der Waals surface area contributed by atoms with Crippen molar-refractivity contribution in [2.75, 3.05) is 13.1 Å². The quantitative estimate of drug-likeness (QED) is 0.871. The molecule has 23 heavy (non-hydrogen) atoms. The summed E-state index contributed by atoms with van der Waals surface area (Å²) in [5, 5.41) is 12.9. The second-order valence-corrected chi connectivity index (χ2v) is 6.74. The van der Waals surface area contributed by atoms with Gasteiger partial charge in [0.15, 0.2) is 0 Å². The Hall–Kier alpha value is -1.46. The maximum atomic E-state index is 12.9. The van der Waals surface area contributed by atoms with E-state index in [2.05, 4.69) is 10.2 Å². The van der Waals surface area contributed by atoms with Gasteiger partial charge < -0.3 is 10.4 Å². The summed E-state index contributed by atoms with van der Waals surface area (Å²) in [5.41, 5.74) is 0.979. The molecular weight excluding hydrogens is 295 g/mol. The number of rotatable bonds is 5. The number of hydrogen-bond donors (Lipinski definition) is 2. The Morgan fingerprint density at radius 2 is 2.04 bits per heavy atom. The minimum absolute atomic E-state index is 0.0611. The van der Waals surface area contributed by atoms with Crippen LogP contribution in [0.4, 0.5) is 4.39 Å². The third-order valence-corrected chi connectivity index (χ3v) is 5.04. The number of aliphatic hydroxyl groups excluding tert-OH is 1. The van der Waals surface area contributed by atoms with E-state index in [0.29, 0.717) is 18.9 Å². The summed E-state index contributed by atoms with van der Waals surface area (Å²) < 4.78 is 12.9. The van der Waals surface area contributed by atoms with Crippen LogP contribution in [0.1, 0.15) is 37.7 Å². The molecule has 1 aliphatic heterocycles. The molecule has 1 aromatic rings. The summed E-state index contributed by atoms with van der Waals surface area (Å²) in [6.07, 6.45) is 4.91. The van der Waals surface area contributed by atoms with Crippen molar-refractivity contribution in [3.8, 4) is 0 Å². The van der Waals surface area contributed by atoms with Crippen LogP contribution in [0, 0.1) is 5.82 Å². The molecule has 0 spiro atoms. The van der Waals surface area contributed by atoms with Gasteiger partial charge in [-0.05, 0) is 49.8 Å². The van der Waals surface area contributed by atoms with Crippen LogP contribution < -0.4 is 5.32 Å². The summed E-state index contributed by atoms with van der Waals surface area (Å²) in [6.45, 7) is 1.65. The van der Waals surface area contributed by atoms with Crippen molar-refractivity contribution in [2.45, 2.75) is 56.7 Å². The molecule has 1 amide bonds. The molecule has 0 aromatic heterocycles. The fraction of sp³-hybridized carbons (Fsp3) is 0.611. The minimum Gasteiger partial charge on any atom is -0.392 e. The zero-order valence-electron chi connectivity index (χ0n) is 13.4. The minimum atomic E-state index is -0.250. The van der Waals surface area contributed by atoms with E-state index in [9.17, 15) is 14.3 Å². The average molecular weight is 320 g/mol. The van der Waals surface area contributed by atoms with E-state index in [1.54, 1.807) is 12.1 Å². The van der Waals surface area contributed by atoms with Gasteiger partial charge in [0.05, 0.1) is 6.10 Å². The number of carbonyl (C=O) groups is 1. The predicted octanol–water partition coefficient (Wildman–Crippen LogP) is 1.86. The normalized spacial score (nSPS) is 28.2. The monoisotopic (exact) mass is 320 g/mol. The summed E-state index contributed by atoms with van der Waals surface area (Å²) in [7, 11) is 0. The molecule has 0 radical (unpaired) electrons. The third-order valence-electron chi connectivity index (χ3n) is 5.04. The van der Waals surface area contributed by atoms with Crippen molar-refractivity contribution in [3.05, 3.63) is 35.6 Å². The largest absolute Gasteiger partial charge is 0.392 e. The Kier molecular flexibility index (Phi) is 5.28. The first-order valence-corrected chi connectivity index (χ1v) is 8.58. The van der Waals surface area contributed by atoms with Crippen molar-refractivity contribution < 1.29 is 14.3 Å². The van der Waals surface area contributed by atoms with Gasteiger partial charge in [-0.15, -0.1) is 0 Å². The Labute approximate surface area is 136 Å². The van der Waals surface area contributed by atoms with Crippen molar-refractivity contribution in [1.29, 1.82) is 0 Å². The van der Waals surface area contributed by atoms with Crippen molar-refractivity contribution >= 4 is 5.91 Å². The highest BCUT2D eigenvalue weighted by atomic mass is 19.1. The number of halogens is 1. The standard InChI is InChI=1S/C18H25FN2O2/c19-14-7-4-13(5-8-14)6-9-18(23)20-16-2-1-3-17(16)21-11-10-15(22)12-21/h4-5,7-8,15-17,22H,1-3,6,9-12H2,(H,20,23)/t15?,16-,17+/m1/s1. The van der Waals surface area contributed by atoms with Crippen LogP contribution in [0.25, 0.3) is 0 Å². The van der Waals surface area contributed by atoms with Crippen molar-refractivity contribution in [1.82, 2.24) is 10.2 Å². The zero-order chi connectivity index (χ0) is 16.2. The van der Waals surface area contributed by atoms with Gasteiger partial charge in [0, 0.05) is 31.6 Å². The molecule has 1 unspecified atom stereocenters. The molecule has 1 saturated carbocycles. The van der Waals surface area contributed by atoms with E-state index < -0.39 is 0 Å². The maximum Gasteiger partial charge on any atom is 0.220 e. The number of aryl methyl sites for hydroxylation is 1. The molecule has 2 N–H and O–H groups in total. The number of amides is 1. The highest BCUT2D eigenvalue weighted by molar-refractivity contribution is 5.76. The topological polar surface area (TPSA) is 52.6 Å². The Balaban J connectivity index is 1.47. The van der Waals surface area contributed by atoms with Crippen LogP contribution in [-0.2, 0) is 11.2 Å². The van der Waals surface area contributed by atoms with E-state index in [-0.39, 0.29) is 23.9 Å². The van der Waals surface area contributed by atoms with Gasteiger partial charge >= 0.3 is 0 Å². The van der Waals surface area contributed by atoms with Gasteiger partial charge in [-0.3, -0.25) is 9.69 Å². The molecule has 1 saturated heterocycles. The summed E-state index contributed by atoms with van der Waals surface area (Å²) in [6, 6.07) is 6.87. The second-order valence-electron chi connectivity index (χ2n) is 6.74. The predicted molar refractivity (Wildman–Crippen MR) is 86.5 cm³/mol. The van der Waals surface area contributed by atoms with Gasteiger partial charge in [-0.25, -0.2) is 4.39 Å². The first kappa shape index (κ1) is 16.4.